The summed E-state index contributed by atoms with van der Waals surface area (Å²) in [6, 6.07) is 11.1. The van der Waals surface area contributed by atoms with Crippen LogP contribution in [0.1, 0.15) is 21.5 Å². The number of carboxylic acids is 1. The Morgan fingerprint density at radius 3 is 2.13 bits per heavy atom. The fraction of sp³-hybridized carbons (Fsp3) is 0.235. The molecule has 0 aliphatic heterocycles. The molecule has 0 atom stereocenters. The van der Waals surface area contributed by atoms with Gasteiger partial charge in [0, 0.05) is 0 Å². The van der Waals surface area contributed by atoms with Crippen LogP contribution in [0.3, 0.4) is 0 Å². The number of hydrogen-bond acceptors (Lipinski definition) is 3. The minimum absolute atomic E-state index is 0.202. The van der Waals surface area contributed by atoms with Crippen molar-refractivity contribution in [3.63, 3.8) is 0 Å². The summed E-state index contributed by atoms with van der Waals surface area (Å²) in [4.78, 5) is 11.2. The second-order valence-electron chi connectivity index (χ2n) is 4.80. The molecular weight excluding hydrogens is 383 g/mol. The van der Waals surface area contributed by atoms with E-state index in [1.807, 2.05) is 24.3 Å². The molecule has 0 fully saturated rings. The molecule has 122 valence electrons. The van der Waals surface area contributed by atoms with Gasteiger partial charge in [-0.05, 0) is 0 Å². The van der Waals surface area contributed by atoms with Gasteiger partial charge in [0.05, 0.1) is 0 Å². The summed E-state index contributed by atoms with van der Waals surface area (Å²) in [5.41, 5.74) is 2.36. The van der Waals surface area contributed by atoms with Crippen molar-refractivity contribution in [3.8, 4) is 11.5 Å². The molecule has 0 aliphatic rings. The zero-order valence-corrected chi connectivity index (χ0v) is 15.3. The predicted molar refractivity (Wildman–Crippen MR) is 91.1 cm³/mol. The van der Waals surface area contributed by atoms with Crippen molar-refractivity contribution in [1.29, 1.82) is 0 Å². The maximum absolute atomic E-state index is 11.2. The summed E-state index contributed by atoms with van der Waals surface area (Å²) in [5, 5.41) is 11.6. The third kappa shape index (κ3) is 4.64. The number of hydrogen-bond donors (Lipinski definition) is 1. The third-order valence-electron chi connectivity index (χ3n) is 3.25. The van der Waals surface area contributed by atoms with Gasteiger partial charge in [-0.2, -0.15) is 0 Å². The molecule has 0 spiro atoms. The Morgan fingerprint density at radius 2 is 1.61 bits per heavy atom. The average Bonchev–Trinajstić information content (AvgIpc) is 2.55. The van der Waals surface area contributed by atoms with Crippen LogP contribution in [0, 0.1) is 0 Å². The third-order valence-corrected chi connectivity index (χ3v) is 5.80. The molecule has 0 amide bonds. The molecule has 0 bridgehead atoms. The molecule has 2 aromatic carbocycles. The van der Waals surface area contributed by atoms with Crippen LogP contribution in [0.4, 0.5) is 0 Å². The molecule has 0 aromatic heterocycles. The Kier molecular flexibility index (Phi) is 6.34. The molecule has 1 N–H and O–H groups in total. The zero-order chi connectivity index (χ0) is 16.8. The van der Waals surface area contributed by atoms with Crippen molar-refractivity contribution in [2.24, 2.45) is 0 Å². The SMILES string of the molecule is COc1ccc(C[Se]Cc2ccc(OC)c(C(=O)O)c2)cc1Cl. The van der Waals surface area contributed by atoms with Crippen LogP contribution in [0.25, 0.3) is 0 Å². The van der Waals surface area contributed by atoms with E-state index >= 15 is 0 Å². The Bertz CT molecular complexity index is 703. The van der Waals surface area contributed by atoms with E-state index in [1.54, 1.807) is 19.2 Å². The molecule has 23 heavy (non-hydrogen) atoms. The molecule has 4 nitrogen and oxygen atoms in total. The monoisotopic (exact) mass is 400 g/mol. The van der Waals surface area contributed by atoms with Crippen LogP contribution in [-0.2, 0) is 10.6 Å². The molecule has 2 aromatic rings. The summed E-state index contributed by atoms with van der Waals surface area (Å²) in [5.74, 6) is 0.0815. The minimum atomic E-state index is -0.974. The summed E-state index contributed by atoms with van der Waals surface area (Å²) in [6.45, 7) is 0. The van der Waals surface area contributed by atoms with E-state index in [2.05, 4.69) is 0 Å². The van der Waals surface area contributed by atoms with Gasteiger partial charge >= 0.3 is 146 Å². The first kappa shape index (κ1) is 17.7. The van der Waals surface area contributed by atoms with E-state index in [1.165, 1.54) is 7.11 Å². The molecule has 0 aliphatic carbocycles. The number of carbonyl (C=O) groups is 1. The number of ether oxygens (including phenoxy) is 2. The Labute approximate surface area is 146 Å². The normalized spacial score (nSPS) is 10.4. The molecule has 0 unspecified atom stereocenters. The summed E-state index contributed by atoms with van der Waals surface area (Å²) in [6.07, 6.45) is 0. The van der Waals surface area contributed by atoms with Gasteiger partial charge in [-0.25, -0.2) is 0 Å². The van der Waals surface area contributed by atoms with Gasteiger partial charge in [-0.15, -0.1) is 0 Å². The first-order valence-corrected chi connectivity index (χ1v) is 9.65. The summed E-state index contributed by atoms with van der Waals surface area (Å²) >= 11 is 6.43. The Balaban J connectivity index is 2.00. The Morgan fingerprint density at radius 1 is 1.04 bits per heavy atom. The molecule has 6 heteroatoms. The second-order valence-corrected chi connectivity index (χ2v) is 7.28. The van der Waals surface area contributed by atoms with Crippen molar-refractivity contribution in [1.82, 2.24) is 0 Å². The summed E-state index contributed by atoms with van der Waals surface area (Å²) < 4.78 is 10.2. The number of methoxy groups -OCH3 is 2. The Hall–Kier alpha value is -1.68. The van der Waals surface area contributed by atoms with Gasteiger partial charge in [0.2, 0.25) is 0 Å². The number of aromatic carboxylic acids is 1. The van der Waals surface area contributed by atoms with Crippen molar-refractivity contribution >= 4 is 32.5 Å². The van der Waals surface area contributed by atoms with Crippen molar-refractivity contribution in [2.75, 3.05) is 14.2 Å². The van der Waals surface area contributed by atoms with E-state index in [0.29, 0.717) is 31.5 Å². The maximum atomic E-state index is 11.2. The second kappa shape index (κ2) is 8.25. The number of halogens is 1. The standard InChI is InChI=1S/C17H17ClO4Se/c1-21-15-5-3-11(7-13(15)17(19)20)9-23-10-12-4-6-16(22-2)14(18)8-12/h3-8H,9-10H2,1-2H3,(H,19,20). The van der Waals surface area contributed by atoms with E-state index in [-0.39, 0.29) is 5.56 Å². The predicted octanol–water partition coefficient (Wildman–Crippen LogP) is 3.46. The first-order chi connectivity index (χ1) is 11.0. The molecule has 0 saturated carbocycles. The zero-order valence-electron chi connectivity index (χ0n) is 12.8. The molecule has 0 radical (unpaired) electrons. The van der Waals surface area contributed by atoms with E-state index in [4.69, 9.17) is 21.1 Å². The van der Waals surface area contributed by atoms with Crippen LogP contribution in [-0.4, -0.2) is 40.3 Å². The van der Waals surface area contributed by atoms with Crippen LogP contribution < -0.4 is 9.47 Å². The van der Waals surface area contributed by atoms with Gasteiger partial charge in [0.15, 0.2) is 0 Å². The molecule has 0 saturated heterocycles. The quantitative estimate of drug-likeness (QED) is 0.724. The fourth-order valence-electron chi connectivity index (χ4n) is 2.10. The van der Waals surface area contributed by atoms with Crippen LogP contribution in [0.2, 0.25) is 5.02 Å². The van der Waals surface area contributed by atoms with E-state index < -0.39 is 5.97 Å². The van der Waals surface area contributed by atoms with Crippen LogP contribution in [0.15, 0.2) is 36.4 Å². The van der Waals surface area contributed by atoms with Crippen molar-refractivity contribution < 1.29 is 19.4 Å². The van der Waals surface area contributed by atoms with Crippen molar-refractivity contribution in [3.05, 3.63) is 58.1 Å². The number of carboxylic acid groups (broad SMARTS) is 1. The molecule has 0 heterocycles. The van der Waals surface area contributed by atoms with Gasteiger partial charge < -0.3 is 0 Å². The molecule has 2 rings (SSSR count). The van der Waals surface area contributed by atoms with E-state index in [9.17, 15) is 9.90 Å². The van der Waals surface area contributed by atoms with Gasteiger partial charge in [-0.1, -0.05) is 0 Å². The summed E-state index contributed by atoms with van der Waals surface area (Å²) in [7, 11) is 3.06. The van der Waals surface area contributed by atoms with Gasteiger partial charge in [0.25, 0.3) is 0 Å². The van der Waals surface area contributed by atoms with Gasteiger partial charge in [0.1, 0.15) is 0 Å². The van der Waals surface area contributed by atoms with Crippen LogP contribution in [0.5, 0.6) is 11.5 Å². The van der Waals surface area contributed by atoms with Gasteiger partial charge in [-0.3, -0.25) is 0 Å². The van der Waals surface area contributed by atoms with Crippen molar-refractivity contribution in [2.45, 2.75) is 10.6 Å². The molecular formula is C17H17ClO4Se. The number of rotatable bonds is 7. The fourth-order valence-corrected chi connectivity index (χ4v) is 4.34. The topological polar surface area (TPSA) is 55.8 Å². The van der Waals surface area contributed by atoms with Crippen LogP contribution >= 0.6 is 11.6 Å². The number of benzene rings is 2. The average molecular weight is 400 g/mol. The first-order valence-electron chi connectivity index (χ1n) is 6.85. The van der Waals surface area contributed by atoms with E-state index in [0.717, 1.165) is 21.8 Å².